The first-order valence-electron chi connectivity index (χ1n) is 5.07. The number of hydrogen-bond acceptors (Lipinski definition) is 3. The van der Waals surface area contributed by atoms with Crippen molar-refractivity contribution >= 4 is 12.2 Å². The van der Waals surface area contributed by atoms with E-state index in [1.807, 2.05) is 4.57 Å². The highest BCUT2D eigenvalue weighted by Gasteiger charge is 2.18. The van der Waals surface area contributed by atoms with E-state index in [0.717, 1.165) is 31.8 Å². The number of nitrogens with one attached hydrogen (secondary N) is 1. The highest BCUT2D eigenvalue weighted by molar-refractivity contribution is 7.71. The summed E-state index contributed by atoms with van der Waals surface area (Å²) >= 11 is 5.12. The second kappa shape index (κ2) is 4.23. The number of rotatable bonds is 3. The number of hydrogen-bond donors (Lipinski definition) is 1. The lowest BCUT2D eigenvalue weighted by molar-refractivity contribution is 0.109. The fourth-order valence-electron chi connectivity index (χ4n) is 1.84. The highest BCUT2D eigenvalue weighted by atomic mass is 32.1. The van der Waals surface area contributed by atoms with Gasteiger partial charge in [-0.05, 0) is 32.0 Å². The normalized spacial score (nSPS) is 21.6. The van der Waals surface area contributed by atoms with E-state index in [0.29, 0.717) is 10.9 Å². The molecule has 1 fully saturated rings. The first-order chi connectivity index (χ1) is 6.81. The van der Waals surface area contributed by atoms with Crippen molar-refractivity contribution in [2.45, 2.75) is 38.8 Å². The molecule has 4 nitrogen and oxygen atoms in total. The van der Waals surface area contributed by atoms with Gasteiger partial charge in [0.1, 0.15) is 5.82 Å². The summed E-state index contributed by atoms with van der Waals surface area (Å²) in [4.78, 5) is 0. The predicted octanol–water partition coefficient (Wildman–Crippen LogP) is 1.68. The van der Waals surface area contributed by atoms with Crippen LogP contribution in [0.3, 0.4) is 0 Å². The second-order valence-corrected chi connectivity index (χ2v) is 3.92. The van der Waals surface area contributed by atoms with Crippen LogP contribution in [0.5, 0.6) is 0 Å². The van der Waals surface area contributed by atoms with E-state index in [4.69, 9.17) is 17.0 Å². The van der Waals surface area contributed by atoms with E-state index in [1.165, 1.54) is 6.42 Å². The van der Waals surface area contributed by atoms with Crippen molar-refractivity contribution in [2.75, 3.05) is 6.61 Å². The summed E-state index contributed by atoms with van der Waals surface area (Å²) in [5, 5.41) is 7.04. The Kier molecular flexibility index (Phi) is 2.98. The average Bonchev–Trinajstić information content (AvgIpc) is 2.77. The Bertz CT molecular complexity index is 351. The molecule has 1 N–H and O–H groups in total. The molecule has 0 aromatic carbocycles. The minimum Gasteiger partial charge on any atom is -0.378 e. The van der Waals surface area contributed by atoms with Gasteiger partial charge in [0.25, 0.3) is 0 Å². The van der Waals surface area contributed by atoms with Crippen molar-refractivity contribution in [3.63, 3.8) is 0 Å². The Morgan fingerprint density at radius 2 is 2.57 bits per heavy atom. The first kappa shape index (κ1) is 9.86. The van der Waals surface area contributed by atoms with Gasteiger partial charge in [-0.1, -0.05) is 0 Å². The van der Waals surface area contributed by atoms with Crippen molar-refractivity contribution in [3.05, 3.63) is 10.6 Å². The predicted molar refractivity (Wildman–Crippen MR) is 55.8 cm³/mol. The summed E-state index contributed by atoms with van der Waals surface area (Å²) in [5.41, 5.74) is 0. The van der Waals surface area contributed by atoms with Gasteiger partial charge in [-0.3, -0.25) is 5.10 Å². The Morgan fingerprint density at radius 3 is 3.21 bits per heavy atom. The van der Waals surface area contributed by atoms with E-state index in [2.05, 4.69) is 17.1 Å². The van der Waals surface area contributed by atoms with Crippen LogP contribution in [0.1, 0.15) is 25.6 Å². The molecule has 78 valence electrons. The summed E-state index contributed by atoms with van der Waals surface area (Å²) in [7, 11) is 0. The second-order valence-electron chi connectivity index (χ2n) is 3.53. The van der Waals surface area contributed by atoms with Crippen LogP contribution < -0.4 is 0 Å². The quantitative estimate of drug-likeness (QED) is 0.777. The van der Waals surface area contributed by atoms with Gasteiger partial charge >= 0.3 is 0 Å². The fraction of sp³-hybridized carbons (Fsp3) is 0.778. The number of nitrogens with zero attached hydrogens (tertiary/aromatic N) is 2. The Balaban J connectivity index is 2.11. The lowest BCUT2D eigenvalue weighted by atomic mass is 10.2. The van der Waals surface area contributed by atoms with E-state index in [-0.39, 0.29) is 0 Å². The zero-order valence-electron chi connectivity index (χ0n) is 8.32. The summed E-state index contributed by atoms with van der Waals surface area (Å²) in [6.07, 6.45) is 3.53. The summed E-state index contributed by atoms with van der Waals surface area (Å²) < 4.78 is 8.30. The van der Waals surface area contributed by atoms with Gasteiger partial charge in [0, 0.05) is 19.6 Å². The molecule has 1 aliphatic rings. The molecule has 0 radical (unpaired) electrons. The number of aromatic amines is 1. The van der Waals surface area contributed by atoms with E-state index in [1.54, 1.807) is 0 Å². The van der Waals surface area contributed by atoms with Crippen LogP contribution in [-0.4, -0.2) is 27.5 Å². The Morgan fingerprint density at radius 1 is 1.71 bits per heavy atom. The standard InChI is InChI=1S/C9H15N3OS/c1-2-12-8(10-11-9(12)14)6-7-4-3-5-13-7/h7H,2-6H2,1H3,(H,11,14). The van der Waals surface area contributed by atoms with Crippen LogP contribution >= 0.6 is 12.2 Å². The molecule has 2 rings (SSSR count). The van der Waals surface area contributed by atoms with Crippen molar-refractivity contribution in [2.24, 2.45) is 0 Å². The zero-order chi connectivity index (χ0) is 9.97. The fourth-order valence-corrected chi connectivity index (χ4v) is 2.12. The van der Waals surface area contributed by atoms with Crippen molar-refractivity contribution in [3.8, 4) is 0 Å². The topological polar surface area (TPSA) is 42.8 Å². The molecular weight excluding hydrogens is 198 g/mol. The largest absolute Gasteiger partial charge is 0.378 e. The molecule has 1 atom stereocenters. The molecule has 1 aliphatic heterocycles. The van der Waals surface area contributed by atoms with Gasteiger partial charge in [-0.15, -0.1) is 0 Å². The van der Waals surface area contributed by atoms with Crippen LogP contribution in [0, 0.1) is 4.77 Å². The lowest BCUT2D eigenvalue weighted by Gasteiger charge is -2.08. The van der Waals surface area contributed by atoms with Gasteiger partial charge in [-0.25, -0.2) is 0 Å². The summed E-state index contributed by atoms with van der Waals surface area (Å²) in [6, 6.07) is 0. The molecule has 1 aromatic rings. The molecule has 0 bridgehead atoms. The van der Waals surface area contributed by atoms with E-state index >= 15 is 0 Å². The first-order valence-corrected chi connectivity index (χ1v) is 5.47. The molecule has 1 unspecified atom stereocenters. The van der Waals surface area contributed by atoms with Gasteiger partial charge in [0.05, 0.1) is 6.10 Å². The third-order valence-electron chi connectivity index (χ3n) is 2.59. The van der Waals surface area contributed by atoms with Crippen LogP contribution in [0.25, 0.3) is 0 Å². The highest BCUT2D eigenvalue weighted by Crippen LogP contribution is 2.16. The number of ether oxygens (including phenoxy) is 1. The maximum atomic E-state index is 5.56. The summed E-state index contributed by atoms with van der Waals surface area (Å²) in [6.45, 7) is 3.84. The smallest absolute Gasteiger partial charge is 0.195 e. The van der Waals surface area contributed by atoms with Gasteiger partial charge in [-0.2, -0.15) is 5.10 Å². The van der Waals surface area contributed by atoms with Crippen molar-refractivity contribution in [1.29, 1.82) is 0 Å². The molecule has 0 spiro atoms. The Labute approximate surface area is 88.3 Å². The molecule has 14 heavy (non-hydrogen) atoms. The molecule has 0 aliphatic carbocycles. The van der Waals surface area contributed by atoms with Gasteiger partial charge < -0.3 is 9.30 Å². The van der Waals surface area contributed by atoms with Crippen LogP contribution in [0.2, 0.25) is 0 Å². The van der Waals surface area contributed by atoms with Gasteiger partial charge in [0.2, 0.25) is 0 Å². The van der Waals surface area contributed by atoms with Crippen molar-refractivity contribution in [1.82, 2.24) is 14.8 Å². The monoisotopic (exact) mass is 213 g/mol. The third-order valence-corrected chi connectivity index (χ3v) is 2.90. The maximum Gasteiger partial charge on any atom is 0.195 e. The minimum absolute atomic E-state index is 0.338. The van der Waals surface area contributed by atoms with Crippen LogP contribution in [0.4, 0.5) is 0 Å². The minimum atomic E-state index is 0.338. The van der Waals surface area contributed by atoms with Crippen molar-refractivity contribution < 1.29 is 4.74 Å². The molecule has 5 heteroatoms. The molecular formula is C9H15N3OS. The van der Waals surface area contributed by atoms with E-state index < -0.39 is 0 Å². The number of aromatic nitrogens is 3. The van der Waals surface area contributed by atoms with E-state index in [9.17, 15) is 0 Å². The molecule has 2 heterocycles. The van der Waals surface area contributed by atoms with Crippen LogP contribution in [0.15, 0.2) is 0 Å². The zero-order valence-corrected chi connectivity index (χ0v) is 9.14. The van der Waals surface area contributed by atoms with Crippen LogP contribution in [-0.2, 0) is 17.7 Å². The lowest BCUT2D eigenvalue weighted by Crippen LogP contribution is -2.13. The summed E-state index contributed by atoms with van der Waals surface area (Å²) in [5.74, 6) is 1.02. The number of H-pyrrole nitrogens is 1. The van der Waals surface area contributed by atoms with Gasteiger partial charge in [0.15, 0.2) is 4.77 Å². The molecule has 0 saturated carbocycles. The average molecular weight is 213 g/mol. The molecule has 1 aromatic heterocycles. The molecule has 0 amide bonds. The maximum absolute atomic E-state index is 5.56. The SMILES string of the molecule is CCn1c(CC2CCCO2)n[nH]c1=S. The third kappa shape index (κ3) is 1.88. The Hall–Kier alpha value is -0.680. The molecule has 1 saturated heterocycles.